The minimum Gasteiger partial charge on any atom is -0.454 e. The normalized spacial score (nSPS) is 11.2. The van der Waals surface area contributed by atoms with E-state index < -0.39 is 18.6 Å². The van der Waals surface area contributed by atoms with Crippen LogP contribution in [0.4, 0.5) is 18.9 Å². The van der Waals surface area contributed by atoms with Gasteiger partial charge in [0.05, 0.1) is 6.54 Å². The number of halogens is 3. The van der Waals surface area contributed by atoms with Gasteiger partial charge in [-0.15, -0.1) is 0 Å². The van der Waals surface area contributed by atoms with Crippen LogP contribution in [-0.4, -0.2) is 24.5 Å². The molecular formula is C16H15F3N2O3. The van der Waals surface area contributed by atoms with Crippen LogP contribution in [0.15, 0.2) is 46.9 Å². The van der Waals surface area contributed by atoms with E-state index in [0.717, 1.165) is 0 Å². The maximum Gasteiger partial charge on any atom is 0.406 e. The number of carbonyl (C=O) groups is 2. The smallest absolute Gasteiger partial charge is 0.406 e. The van der Waals surface area contributed by atoms with Crippen LogP contribution in [0.1, 0.15) is 23.2 Å². The Kier molecular flexibility index (Phi) is 5.28. The third-order valence-corrected chi connectivity index (χ3v) is 3.03. The molecule has 0 aliphatic rings. The zero-order valence-electron chi connectivity index (χ0n) is 12.8. The predicted molar refractivity (Wildman–Crippen MR) is 80.4 cm³/mol. The van der Waals surface area contributed by atoms with Gasteiger partial charge in [0.15, 0.2) is 5.76 Å². The third kappa shape index (κ3) is 4.87. The fourth-order valence-electron chi connectivity index (χ4n) is 2.00. The Morgan fingerprint density at radius 1 is 1.12 bits per heavy atom. The first kappa shape index (κ1) is 17.6. The molecule has 5 nitrogen and oxygen atoms in total. The molecule has 1 aromatic heterocycles. The second-order valence-corrected chi connectivity index (χ2v) is 5.02. The van der Waals surface area contributed by atoms with Crippen LogP contribution < -0.4 is 10.2 Å². The molecule has 1 aromatic carbocycles. The molecule has 2 rings (SSSR count). The van der Waals surface area contributed by atoms with Crippen molar-refractivity contribution in [3.05, 3.63) is 54.0 Å². The Bertz CT molecular complexity index is 711. The van der Waals surface area contributed by atoms with Gasteiger partial charge in [-0.25, -0.2) is 0 Å². The molecule has 24 heavy (non-hydrogen) atoms. The summed E-state index contributed by atoms with van der Waals surface area (Å²) in [6.45, 7) is -0.0692. The summed E-state index contributed by atoms with van der Waals surface area (Å²) in [4.78, 5) is 23.9. The Balaban J connectivity index is 2.23. The molecule has 1 N–H and O–H groups in total. The summed E-state index contributed by atoms with van der Waals surface area (Å²) in [5.41, 5.74) is 0.111. The average molecular weight is 340 g/mol. The zero-order chi connectivity index (χ0) is 17.7. The molecule has 0 unspecified atom stereocenters. The minimum absolute atomic E-state index is 0.0488. The molecule has 0 saturated heterocycles. The lowest BCUT2D eigenvalue weighted by Crippen LogP contribution is -2.39. The first-order chi connectivity index (χ1) is 11.3. The average Bonchev–Trinajstić information content (AvgIpc) is 2.99. The quantitative estimate of drug-likeness (QED) is 0.910. The van der Waals surface area contributed by atoms with Crippen molar-refractivity contribution >= 4 is 17.5 Å². The molecule has 0 bridgehead atoms. The summed E-state index contributed by atoms with van der Waals surface area (Å²) in [7, 11) is 0. The lowest BCUT2D eigenvalue weighted by atomic mass is 10.2. The lowest BCUT2D eigenvalue weighted by molar-refractivity contribution is -0.119. The predicted octanol–water partition coefficient (Wildman–Crippen LogP) is 3.12. The number of para-hydroxylation sites is 1. The summed E-state index contributed by atoms with van der Waals surface area (Å²) in [6, 6.07) is 10.2. The highest BCUT2D eigenvalue weighted by Crippen LogP contribution is 2.24. The molecule has 8 heteroatoms. The lowest BCUT2D eigenvalue weighted by Gasteiger charge is -2.23. The summed E-state index contributed by atoms with van der Waals surface area (Å²) < 4.78 is 43.7. The maximum atomic E-state index is 12.8. The van der Waals surface area contributed by atoms with E-state index in [2.05, 4.69) is 5.32 Å². The van der Waals surface area contributed by atoms with Crippen molar-refractivity contribution in [2.24, 2.45) is 0 Å². The van der Waals surface area contributed by atoms with Gasteiger partial charge < -0.3 is 9.73 Å². The van der Waals surface area contributed by atoms with Crippen molar-refractivity contribution in [3.63, 3.8) is 0 Å². The van der Waals surface area contributed by atoms with E-state index in [0.29, 0.717) is 4.90 Å². The molecule has 0 spiro atoms. The number of amides is 2. The number of benzene rings is 1. The van der Waals surface area contributed by atoms with Crippen LogP contribution in [0, 0.1) is 0 Å². The second-order valence-electron chi connectivity index (χ2n) is 5.02. The van der Waals surface area contributed by atoms with Gasteiger partial charge in [-0.05, 0) is 24.3 Å². The van der Waals surface area contributed by atoms with E-state index in [-0.39, 0.29) is 29.7 Å². The van der Waals surface area contributed by atoms with E-state index >= 15 is 0 Å². The molecule has 0 atom stereocenters. The molecule has 0 fully saturated rings. The number of alkyl halides is 3. The molecule has 2 aromatic rings. The maximum absolute atomic E-state index is 12.8. The summed E-state index contributed by atoms with van der Waals surface area (Å²) in [5.74, 6) is -1.16. The first-order valence-electron chi connectivity index (χ1n) is 7.03. The van der Waals surface area contributed by atoms with E-state index in [1.807, 2.05) is 0 Å². The first-order valence-corrected chi connectivity index (χ1v) is 7.03. The van der Waals surface area contributed by atoms with Crippen molar-refractivity contribution < 1.29 is 27.2 Å². The molecule has 0 saturated carbocycles. The SMILES string of the molecule is CC(=O)NCc1ccc(C(=O)N(CC(F)(F)F)c2ccccc2)o1. The highest BCUT2D eigenvalue weighted by molar-refractivity contribution is 6.04. The Morgan fingerprint density at radius 2 is 1.79 bits per heavy atom. The van der Waals surface area contributed by atoms with Crippen molar-refractivity contribution in [2.45, 2.75) is 19.6 Å². The van der Waals surface area contributed by atoms with Gasteiger partial charge in [0.1, 0.15) is 12.3 Å². The number of furan rings is 1. The van der Waals surface area contributed by atoms with Gasteiger partial charge in [0, 0.05) is 12.6 Å². The van der Waals surface area contributed by atoms with Gasteiger partial charge in [-0.2, -0.15) is 13.2 Å². The number of rotatable bonds is 5. The Hall–Kier alpha value is -2.77. The molecular weight excluding hydrogens is 325 g/mol. The van der Waals surface area contributed by atoms with Gasteiger partial charge in [0.2, 0.25) is 5.91 Å². The van der Waals surface area contributed by atoms with Crippen molar-refractivity contribution in [3.8, 4) is 0 Å². The van der Waals surface area contributed by atoms with Crippen molar-refractivity contribution in [1.82, 2.24) is 5.32 Å². The Morgan fingerprint density at radius 3 is 2.38 bits per heavy atom. The molecule has 128 valence electrons. The van der Waals surface area contributed by atoms with E-state index in [9.17, 15) is 22.8 Å². The largest absolute Gasteiger partial charge is 0.454 e. The van der Waals surface area contributed by atoms with Gasteiger partial charge in [0.25, 0.3) is 5.91 Å². The van der Waals surface area contributed by atoms with Crippen LogP contribution in [-0.2, 0) is 11.3 Å². The zero-order valence-corrected chi connectivity index (χ0v) is 12.8. The number of hydrogen-bond acceptors (Lipinski definition) is 3. The van der Waals surface area contributed by atoms with Crippen LogP contribution in [0.3, 0.4) is 0 Å². The fourth-order valence-corrected chi connectivity index (χ4v) is 2.00. The van der Waals surface area contributed by atoms with Crippen LogP contribution >= 0.6 is 0 Å². The highest BCUT2D eigenvalue weighted by Gasteiger charge is 2.35. The van der Waals surface area contributed by atoms with Gasteiger partial charge >= 0.3 is 6.18 Å². The second kappa shape index (κ2) is 7.20. The van der Waals surface area contributed by atoms with Gasteiger partial charge in [-0.1, -0.05) is 18.2 Å². The standard InChI is InChI=1S/C16H15F3N2O3/c1-11(22)20-9-13-7-8-14(24-13)15(23)21(10-16(17,18)19)12-5-3-2-4-6-12/h2-8H,9-10H2,1H3,(H,20,22). The van der Waals surface area contributed by atoms with E-state index in [4.69, 9.17) is 4.42 Å². The molecule has 0 aliphatic heterocycles. The summed E-state index contributed by atoms with van der Waals surface area (Å²) >= 11 is 0. The molecule has 2 amide bonds. The summed E-state index contributed by atoms with van der Waals surface area (Å²) in [6.07, 6.45) is -4.56. The summed E-state index contributed by atoms with van der Waals surface area (Å²) in [5, 5.41) is 2.48. The van der Waals surface area contributed by atoms with E-state index in [1.54, 1.807) is 6.07 Å². The number of anilines is 1. The van der Waals surface area contributed by atoms with E-state index in [1.165, 1.54) is 43.3 Å². The number of carbonyl (C=O) groups excluding carboxylic acids is 2. The molecule has 1 heterocycles. The number of nitrogens with zero attached hydrogens (tertiary/aromatic N) is 1. The van der Waals surface area contributed by atoms with Gasteiger partial charge in [-0.3, -0.25) is 14.5 Å². The fraction of sp³-hybridized carbons (Fsp3) is 0.250. The van der Waals surface area contributed by atoms with Crippen LogP contribution in [0.25, 0.3) is 0 Å². The third-order valence-electron chi connectivity index (χ3n) is 3.03. The van der Waals surface area contributed by atoms with Crippen molar-refractivity contribution in [1.29, 1.82) is 0 Å². The molecule has 0 radical (unpaired) electrons. The highest BCUT2D eigenvalue weighted by atomic mass is 19.4. The van der Waals surface area contributed by atoms with Crippen LogP contribution in [0.2, 0.25) is 0 Å². The monoisotopic (exact) mass is 340 g/mol. The molecule has 0 aliphatic carbocycles. The topological polar surface area (TPSA) is 62.6 Å². The van der Waals surface area contributed by atoms with Crippen LogP contribution in [0.5, 0.6) is 0 Å². The Labute approximate surface area is 136 Å². The minimum atomic E-state index is -4.56. The number of hydrogen-bond donors (Lipinski definition) is 1. The van der Waals surface area contributed by atoms with Crippen molar-refractivity contribution in [2.75, 3.05) is 11.4 Å². The number of nitrogens with one attached hydrogen (secondary N) is 1.